The van der Waals surface area contributed by atoms with E-state index in [0.717, 1.165) is 37.1 Å². The van der Waals surface area contributed by atoms with Gasteiger partial charge < -0.3 is 9.88 Å². The summed E-state index contributed by atoms with van der Waals surface area (Å²) >= 11 is 0. The van der Waals surface area contributed by atoms with Crippen molar-refractivity contribution < 1.29 is 4.79 Å². The molecule has 6 heteroatoms. The van der Waals surface area contributed by atoms with Gasteiger partial charge in [0.05, 0.1) is 6.04 Å². The summed E-state index contributed by atoms with van der Waals surface area (Å²) in [7, 11) is 0. The van der Waals surface area contributed by atoms with Crippen LogP contribution in [-0.2, 0) is 4.79 Å². The lowest BCUT2D eigenvalue weighted by atomic mass is 9.53. The summed E-state index contributed by atoms with van der Waals surface area (Å²) in [6.07, 6.45) is 6.95. The number of amides is 1. The van der Waals surface area contributed by atoms with Gasteiger partial charge in [-0.05, 0) is 44.6 Å². The van der Waals surface area contributed by atoms with E-state index in [2.05, 4.69) is 57.9 Å². The molecular formula is C24H33N5O. The van der Waals surface area contributed by atoms with Gasteiger partial charge in [0.1, 0.15) is 11.6 Å². The van der Waals surface area contributed by atoms with Gasteiger partial charge in [-0.2, -0.15) is 0 Å². The van der Waals surface area contributed by atoms with Crippen molar-refractivity contribution >= 4 is 6.41 Å². The molecule has 1 aromatic heterocycles. The lowest BCUT2D eigenvalue weighted by Gasteiger charge is -2.68. The SMILES string of the molecule is Cc1nnc(C(C)C)n1C1CC2N(CCC(NC=O)c3ccccc3)C3CCC32C1. The molecule has 3 fully saturated rings. The lowest BCUT2D eigenvalue weighted by molar-refractivity contribution is -0.188. The molecule has 1 spiro atoms. The van der Waals surface area contributed by atoms with Crippen molar-refractivity contribution in [2.75, 3.05) is 6.54 Å². The smallest absolute Gasteiger partial charge is 0.207 e. The standard InChI is InChI=1S/C24H33N5O/c1-16(2)23-27-26-17(3)29(23)19-13-22-24(14-19)11-9-21(24)28(22)12-10-20(25-15-30)18-7-5-4-6-8-18/h4-8,15-16,19-22H,9-14H2,1-3H3,(H,25,30). The molecule has 5 rings (SSSR count). The van der Waals surface area contributed by atoms with Gasteiger partial charge in [0.25, 0.3) is 0 Å². The molecule has 1 aliphatic heterocycles. The molecule has 3 aliphatic rings. The predicted molar refractivity (Wildman–Crippen MR) is 116 cm³/mol. The Hall–Kier alpha value is -2.21. The fourth-order valence-corrected chi connectivity index (χ4v) is 6.65. The average molecular weight is 408 g/mol. The van der Waals surface area contributed by atoms with Gasteiger partial charge in [-0.3, -0.25) is 9.69 Å². The molecule has 1 amide bonds. The number of carbonyl (C=O) groups is 1. The number of carbonyl (C=O) groups excluding carboxylic acids is 1. The summed E-state index contributed by atoms with van der Waals surface area (Å²) in [5, 5.41) is 11.9. The Kier molecular flexibility index (Phi) is 4.92. The monoisotopic (exact) mass is 407 g/mol. The molecule has 1 N–H and O–H groups in total. The van der Waals surface area contributed by atoms with Crippen molar-refractivity contribution in [1.82, 2.24) is 25.0 Å². The van der Waals surface area contributed by atoms with Crippen LogP contribution in [-0.4, -0.2) is 44.7 Å². The molecule has 5 unspecified atom stereocenters. The third-order valence-electron chi connectivity index (χ3n) is 8.04. The van der Waals surface area contributed by atoms with E-state index in [0.29, 0.717) is 23.4 Å². The maximum Gasteiger partial charge on any atom is 0.207 e. The normalized spacial score (nSPS) is 30.9. The number of rotatable bonds is 8. The van der Waals surface area contributed by atoms with Crippen LogP contribution in [0.15, 0.2) is 30.3 Å². The summed E-state index contributed by atoms with van der Waals surface area (Å²) in [5.41, 5.74) is 1.70. The van der Waals surface area contributed by atoms with E-state index in [1.807, 2.05) is 18.2 Å². The second kappa shape index (κ2) is 7.49. The Morgan fingerprint density at radius 3 is 2.70 bits per heavy atom. The Balaban J connectivity index is 1.30. The molecule has 0 radical (unpaired) electrons. The minimum Gasteiger partial charge on any atom is -0.352 e. The number of nitrogens with one attached hydrogen (secondary N) is 1. The zero-order valence-electron chi connectivity index (χ0n) is 18.3. The van der Waals surface area contributed by atoms with Crippen LogP contribution in [0.2, 0.25) is 0 Å². The number of piperidine rings is 1. The first kappa shape index (κ1) is 19.7. The molecule has 6 nitrogen and oxygen atoms in total. The van der Waals surface area contributed by atoms with E-state index in [1.165, 1.54) is 31.2 Å². The van der Waals surface area contributed by atoms with Gasteiger partial charge >= 0.3 is 0 Å². The van der Waals surface area contributed by atoms with Crippen LogP contribution < -0.4 is 5.32 Å². The van der Waals surface area contributed by atoms with Gasteiger partial charge in [0, 0.05) is 36.0 Å². The van der Waals surface area contributed by atoms with E-state index in [1.54, 1.807) is 0 Å². The fourth-order valence-electron chi connectivity index (χ4n) is 6.65. The van der Waals surface area contributed by atoms with Crippen LogP contribution in [0.3, 0.4) is 0 Å². The van der Waals surface area contributed by atoms with Crippen molar-refractivity contribution in [2.24, 2.45) is 5.41 Å². The summed E-state index contributed by atoms with van der Waals surface area (Å²) in [6.45, 7) is 7.57. The molecule has 2 aliphatic carbocycles. The third kappa shape index (κ3) is 2.91. The van der Waals surface area contributed by atoms with Crippen LogP contribution in [0.4, 0.5) is 0 Å². The highest BCUT2D eigenvalue weighted by atomic mass is 16.1. The van der Waals surface area contributed by atoms with Crippen LogP contribution in [0, 0.1) is 12.3 Å². The number of hydrogen-bond donors (Lipinski definition) is 1. The van der Waals surface area contributed by atoms with Crippen LogP contribution >= 0.6 is 0 Å². The number of hydrogen-bond acceptors (Lipinski definition) is 4. The molecule has 1 aromatic carbocycles. The highest BCUT2D eigenvalue weighted by Crippen LogP contribution is 2.67. The third-order valence-corrected chi connectivity index (χ3v) is 8.04. The second-order valence-corrected chi connectivity index (χ2v) is 9.80. The van der Waals surface area contributed by atoms with Gasteiger partial charge in [0.2, 0.25) is 6.41 Å². The summed E-state index contributed by atoms with van der Waals surface area (Å²) < 4.78 is 2.44. The molecule has 1 saturated heterocycles. The molecule has 160 valence electrons. The van der Waals surface area contributed by atoms with E-state index in [4.69, 9.17) is 0 Å². The average Bonchev–Trinajstić information content (AvgIpc) is 3.30. The van der Waals surface area contributed by atoms with Crippen molar-refractivity contribution in [3.8, 4) is 0 Å². The molecule has 5 atom stereocenters. The molecule has 30 heavy (non-hydrogen) atoms. The van der Waals surface area contributed by atoms with E-state index < -0.39 is 0 Å². The molecule has 2 saturated carbocycles. The van der Waals surface area contributed by atoms with Crippen molar-refractivity contribution in [3.05, 3.63) is 47.5 Å². The molecular weight excluding hydrogens is 374 g/mol. The Morgan fingerprint density at radius 2 is 2.03 bits per heavy atom. The van der Waals surface area contributed by atoms with Crippen molar-refractivity contribution in [1.29, 1.82) is 0 Å². The Bertz CT molecular complexity index is 910. The van der Waals surface area contributed by atoms with Crippen molar-refractivity contribution in [2.45, 2.75) is 83.0 Å². The Labute approximate surface area is 179 Å². The van der Waals surface area contributed by atoms with Gasteiger partial charge in [-0.1, -0.05) is 44.2 Å². The number of nitrogens with zero attached hydrogens (tertiary/aromatic N) is 4. The van der Waals surface area contributed by atoms with Crippen LogP contribution in [0.5, 0.6) is 0 Å². The zero-order chi connectivity index (χ0) is 20.9. The quantitative estimate of drug-likeness (QED) is 0.677. The lowest BCUT2D eigenvalue weighted by Crippen LogP contribution is -2.74. The van der Waals surface area contributed by atoms with Crippen molar-refractivity contribution in [3.63, 3.8) is 0 Å². The summed E-state index contributed by atoms with van der Waals surface area (Å²) in [5.74, 6) is 2.59. The van der Waals surface area contributed by atoms with E-state index in [9.17, 15) is 4.79 Å². The fraction of sp³-hybridized carbons (Fsp3) is 0.625. The first-order valence-electron chi connectivity index (χ1n) is 11.5. The Morgan fingerprint density at radius 1 is 1.23 bits per heavy atom. The highest BCUT2D eigenvalue weighted by molar-refractivity contribution is 5.47. The number of benzene rings is 1. The minimum absolute atomic E-state index is 0.0867. The first-order valence-corrected chi connectivity index (χ1v) is 11.5. The molecule has 2 aromatic rings. The largest absolute Gasteiger partial charge is 0.352 e. The van der Waals surface area contributed by atoms with Gasteiger partial charge in [-0.15, -0.1) is 10.2 Å². The number of likely N-dealkylation sites (tertiary alicyclic amines) is 1. The summed E-state index contributed by atoms with van der Waals surface area (Å²) in [4.78, 5) is 13.9. The molecule has 0 bridgehead atoms. The van der Waals surface area contributed by atoms with Gasteiger partial charge in [-0.25, -0.2) is 0 Å². The minimum atomic E-state index is 0.0867. The van der Waals surface area contributed by atoms with Gasteiger partial charge in [0.15, 0.2) is 0 Å². The van der Waals surface area contributed by atoms with Crippen LogP contribution in [0.1, 0.15) is 81.2 Å². The van der Waals surface area contributed by atoms with E-state index in [-0.39, 0.29) is 6.04 Å². The first-order chi connectivity index (χ1) is 14.5. The topological polar surface area (TPSA) is 63.1 Å². The second-order valence-electron chi connectivity index (χ2n) is 9.80. The van der Waals surface area contributed by atoms with Crippen LogP contribution in [0.25, 0.3) is 0 Å². The zero-order valence-corrected chi connectivity index (χ0v) is 18.3. The maximum absolute atomic E-state index is 11.2. The molecule has 2 heterocycles. The summed E-state index contributed by atoms with van der Waals surface area (Å²) in [6, 6.07) is 12.3. The maximum atomic E-state index is 11.2. The highest BCUT2D eigenvalue weighted by Gasteiger charge is 2.69. The van der Waals surface area contributed by atoms with E-state index >= 15 is 0 Å². The predicted octanol–water partition coefficient (Wildman–Crippen LogP) is 3.76. The number of aryl methyl sites for hydroxylation is 1. The number of aromatic nitrogens is 3.